The highest BCUT2D eigenvalue weighted by Crippen LogP contribution is 2.09. The van der Waals surface area contributed by atoms with E-state index in [2.05, 4.69) is 6.58 Å². The van der Waals surface area contributed by atoms with Gasteiger partial charge in [-0.3, -0.25) is 4.21 Å². The van der Waals surface area contributed by atoms with Crippen LogP contribution in [0.5, 0.6) is 0 Å². The highest BCUT2D eigenvalue weighted by Gasteiger charge is 2.06. The van der Waals surface area contributed by atoms with Gasteiger partial charge in [-0.15, -0.1) is 0 Å². The molecule has 0 saturated carbocycles. The SMILES string of the molecule is C=CS(=O)(=O)c1ccccc1.O=S([O-])c1ccccc1. The van der Waals surface area contributed by atoms with Crippen molar-refractivity contribution < 1.29 is 17.2 Å². The van der Waals surface area contributed by atoms with Crippen LogP contribution in [0, 0.1) is 0 Å². The van der Waals surface area contributed by atoms with Gasteiger partial charge in [0.25, 0.3) is 0 Å². The van der Waals surface area contributed by atoms with Crippen LogP contribution < -0.4 is 0 Å². The van der Waals surface area contributed by atoms with Crippen molar-refractivity contribution in [3.63, 3.8) is 0 Å². The molecule has 0 aliphatic carbocycles. The predicted molar refractivity (Wildman–Crippen MR) is 77.5 cm³/mol. The van der Waals surface area contributed by atoms with E-state index in [-0.39, 0.29) is 4.90 Å². The number of rotatable bonds is 3. The number of hydrogen-bond donors (Lipinski definition) is 0. The van der Waals surface area contributed by atoms with E-state index in [4.69, 9.17) is 0 Å². The van der Waals surface area contributed by atoms with Crippen molar-refractivity contribution in [3.8, 4) is 0 Å². The summed E-state index contributed by atoms with van der Waals surface area (Å²) >= 11 is -2.08. The fraction of sp³-hybridized carbons (Fsp3) is 0. The average molecular weight is 309 g/mol. The zero-order chi connectivity index (χ0) is 15.0. The van der Waals surface area contributed by atoms with E-state index in [9.17, 15) is 17.2 Å². The topological polar surface area (TPSA) is 74.3 Å². The molecule has 2 aromatic carbocycles. The third-order valence-electron chi connectivity index (χ3n) is 2.23. The minimum absolute atomic E-state index is 0.287. The maximum atomic E-state index is 11.1. The van der Waals surface area contributed by atoms with Gasteiger partial charge >= 0.3 is 0 Å². The first-order chi connectivity index (χ1) is 9.47. The van der Waals surface area contributed by atoms with Crippen LogP contribution >= 0.6 is 0 Å². The molecule has 106 valence electrons. The Bertz CT molecular complexity index is 665. The third kappa shape index (κ3) is 5.08. The van der Waals surface area contributed by atoms with Crippen LogP contribution in [0.15, 0.2) is 82.4 Å². The molecule has 0 bridgehead atoms. The molecule has 1 atom stereocenters. The largest absolute Gasteiger partial charge is 0.768 e. The first-order valence-corrected chi connectivity index (χ1v) is 8.16. The molecular weight excluding hydrogens is 296 g/mol. The van der Waals surface area contributed by atoms with Crippen LogP contribution in [0.2, 0.25) is 0 Å². The van der Waals surface area contributed by atoms with Gasteiger partial charge in [0.2, 0.25) is 0 Å². The third-order valence-corrected chi connectivity index (χ3v) is 4.25. The predicted octanol–water partition coefficient (Wildman–Crippen LogP) is 2.53. The van der Waals surface area contributed by atoms with Crippen molar-refractivity contribution in [3.05, 3.63) is 72.7 Å². The van der Waals surface area contributed by atoms with E-state index in [0.29, 0.717) is 4.90 Å². The van der Waals surface area contributed by atoms with Crippen LogP contribution in [-0.4, -0.2) is 17.2 Å². The lowest BCUT2D eigenvalue weighted by molar-refractivity contribution is 0.537. The minimum atomic E-state index is -3.23. The Balaban J connectivity index is 0.000000204. The summed E-state index contributed by atoms with van der Waals surface area (Å²) < 4.78 is 42.6. The summed E-state index contributed by atoms with van der Waals surface area (Å²) in [6.45, 7) is 3.22. The van der Waals surface area contributed by atoms with Crippen molar-refractivity contribution in [2.24, 2.45) is 0 Å². The second-order valence-electron chi connectivity index (χ2n) is 3.57. The molecule has 0 saturated heterocycles. The Morgan fingerprint density at radius 2 is 1.40 bits per heavy atom. The summed E-state index contributed by atoms with van der Waals surface area (Å²) in [4.78, 5) is 0.618. The van der Waals surface area contributed by atoms with E-state index in [0.717, 1.165) is 5.41 Å². The Morgan fingerprint density at radius 3 is 1.75 bits per heavy atom. The summed E-state index contributed by atoms with van der Waals surface area (Å²) in [7, 11) is -3.23. The molecule has 0 radical (unpaired) electrons. The normalized spacial score (nSPS) is 11.8. The Labute approximate surface area is 121 Å². The van der Waals surface area contributed by atoms with E-state index >= 15 is 0 Å². The Hall–Kier alpha value is -1.76. The highest BCUT2D eigenvalue weighted by molar-refractivity contribution is 7.94. The maximum Gasteiger partial charge on any atom is 0.199 e. The summed E-state index contributed by atoms with van der Waals surface area (Å²) in [5.41, 5.74) is 0. The van der Waals surface area contributed by atoms with Crippen molar-refractivity contribution in [1.82, 2.24) is 0 Å². The molecule has 20 heavy (non-hydrogen) atoms. The monoisotopic (exact) mass is 309 g/mol. The van der Waals surface area contributed by atoms with Crippen LogP contribution in [0.3, 0.4) is 0 Å². The maximum absolute atomic E-state index is 11.1. The molecule has 0 N–H and O–H groups in total. The van der Waals surface area contributed by atoms with Crippen LogP contribution in [0.25, 0.3) is 0 Å². The number of benzene rings is 2. The molecule has 0 spiro atoms. The lowest BCUT2D eigenvalue weighted by Gasteiger charge is -2.01. The zero-order valence-corrected chi connectivity index (χ0v) is 12.1. The zero-order valence-electron chi connectivity index (χ0n) is 10.5. The molecule has 4 nitrogen and oxygen atoms in total. The Kier molecular flexibility index (Phi) is 6.30. The van der Waals surface area contributed by atoms with Gasteiger partial charge in [-0.05, 0) is 35.3 Å². The molecular formula is C14H13O4S2-. The minimum Gasteiger partial charge on any atom is -0.768 e. The lowest BCUT2D eigenvalue weighted by Crippen LogP contribution is -1.93. The van der Waals surface area contributed by atoms with Gasteiger partial charge in [-0.1, -0.05) is 43.0 Å². The van der Waals surface area contributed by atoms with Crippen molar-refractivity contribution >= 4 is 20.9 Å². The lowest BCUT2D eigenvalue weighted by atomic mass is 10.4. The molecule has 0 amide bonds. The smallest absolute Gasteiger partial charge is 0.199 e. The van der Waals surface area contributed by atoms with Crippen molar-refractivity contribution in [2.75, 3.05) is 0 Å². The van der Waals surface area contributed by atoms with Gasteiger partial charge in [0, 0.05) is 10.3 Å². The van der Waals surface area contributed by atoms with Gasteiger partial charge < -0.3 is 4.55 Å². The highest BCUT2D eigenvalue weighted by atomic mass is 32.2. The molecule has 6 heteroatoms. The van der Waals surface area contributed by atoms with Gasteiger partial charge in [-0.25, -0.2) is 8.42 Å². The Morgan fingerprint density at radius 1 is 0.950 bits per heavy atom. The van der Waals surface area contributed by atoms with E-state index in [1.165, 1.54) is 12.1 Å². The van der Waals surface area contributed by atoms with E-state index in [1.54, 1.807) is 48.5 Å². The van der Waals surface area contributed by atoms with Gasteiger partial charge in [-0.2, -0.15) is 0 Å². The molecule has 2 aromatic rings. The first-order valence-electron chi connectivity index (χ1n) is 5.54. The molecule has 1 unspecified atom stereocenters. The van der Waals surface area contributed by atoms with Crippen molar-refractivity contribution in [1.29, 1.82) is 0 Å². The fourth-order valence-electron chi connectivity index (χ4n) is 1.24. The molecule has 2 rings (SSSR count). The number of hydrogen-bond acceptors (Lipinski definition) is 4. The second-order valence-corrected chi connectivity index (χ2v) is 6.41. The van der Waals surface area contributed by atoms with E-state index in [1.807, 2.05) is 0 Å². The molecule has 0 aliphatic heterocycles. The summed E-state index contributed by atoms with van der Waals surface area (Å²) in [6.07, 6.45) is 0. The first kappa shape index (κ1) is 16.3. The standard InChI is InChI=1S/C8H8O2S.C6H6O2S/c1-2-11(9,10)8-6-4-3-5-7-8;7-9(8)6-4-2-1-3-5-6/h2-7H,1H2;1-5H,(H,7,8)/p-1. The van der Waals surface area contributed by atoms with Crippen molar-refractivity contribution in [2.45, 2.75) is 9.79 Å². The molecule has 0 aromatic heterocycles. The van der Waals surface area contributed by atoms with Gasteiger partial charge in [0.15, 0.2) is 9.84 Å². The average Bonchev–Trinajstić information content (AvgIpc) is 2.49. The van der Waals surface area contributed by atoms with Crippen LogP contribution in [0.1, 0.15) is 0 Å². The number of sulfone groups is 1. The molecule has 0 aliphatic rings. The van der Waals surface area contributed by atoms with Crippen LogP contribution in [-0.2, 0) is 20.9 Å². The quantitative estimate of drug-likeness (QED) is 0.817. The molecule has 0 fully saturated rings. The molecule has 0 heterocycles. The summed E-state index contributed by atoms with van der Waals surface area (Å²) in [5, 5.41) is 0.947. The second kappa shape index (κ2) is 7.74. The van der Waals surface area contributed by atoms with Crippen LogP contribution in [0.4, 0.5) is 0 Å². The fourth-order valence-corrected chi connectivity index (χ4v) is 2.35. The summed E-state index contributed by atoms with van der Waals surface area (Å²) in [5.74, 6) is 0. The van der Waals surface area contributed by atoms with Gasteiger partial charge in [0.05, 0.1) is 4.90 Å². The van der Waals surface area contributed by atoms with Gasteiger partial charge in [0.1, 0.15) is 0 Å². The van der Waals surface area contributed by atoms with E-state index < -0.39 is 20.9 Å². The summed E-state index contributed by atoms with van der Waals surface area (Å²) in [6, 6.07) is 16.4.